The number of ether oxygens (including phenoxy) is 2. The lowest BCUT2D eigenvalue weighted by Crippen LogP contribution is -2.33. The molecule has 1 aliphatic carbocycles. The average Bonchev–Trinajstić information content (AvgIpc) is 2.85. The van der Waals surface area contributed by atoms with Crippen molar-refractivity contribution in [3.05, 3.63) is 42.0 Å². The number of benzene rings is 2. The van der Waals surface area contributed by atoms with Crippen LogP contribution in [-0.4, -0.2) is 29.9 Å². The molecule has 2 heterocycles. The fraction of sp³-hybridized carbons (Fsp3) is 0.500. The van der Waals surface area contributed by atoms with Gasteiger partial charge >= 0.3 is 0 Å². The van der Waals surface area contributed by atoms with Crippen LogP contribution < -0.4 is 32.0 Å². The molecule has 8 nitrogen and oxygen atoms in total. The topological polar surface area (TPSA) is 133 Å². The van der Waals surface area contributed by atoms with E-state index in [4.69, 9.17) is 26.7 Å². The molecule has 1 saturated carbocycles. The van der Waals surface area contributed by atoms with Crippen molar-refractivity contribution < 1.29 is 9.47 Å². The Kier molecular flexibility index (Phi) is 11.6. The average molecular weight is 600 g/mol. The third-order valence-corrected chi connectivity index (χ3v) is 7.82. The lowest BCUT2D eigenvalue weighted by Gasteiger charge is -2.35. The lowest BCUT2D eigenvalue weighted by atomic mass is 9.75. The molecule has 0 amide bonds. The number of amidine groups is 2. The highest BCUT2D eigenvalue weighted by atomic mass is 35.5. The molecule has 0 saturated heterocycles. The maximum absolute atomic E-state index is 6.68. The summed E-state index contributed by atoms with van der Waals surface area (Å²) in [5.74, 6) is 3.73. The van der Waals surface area contributed by atoms with Gasteiger partial charge in [0.05, 0.1) is 0 Å². The number of fused-ring (bicyclic) bond motifs is 2. The van der Waals surface area contributed by atoms with Crippen LogP contribution in [0.1, 0.15) is 64.5 Å². The number of aliphatic imine (C=N–C) groups is 2. The summed E-state index contributed by atoms with van der Waals surface area (Å²) in [5, 5.41) is 3.70. The number of hydrogen-bond donors (Lipinski definition) is 4. The summed E-state index contributed by atoms with van der Waals surface area (Å²) in [7, 11) is 0. The summed E-state index contributed by atoms with van der Waals surface area (Å²) < 4.78 is 11.7. The minimum Gasteiger partial charge on any atom is -0.481 e. The number of rotatable bonds is 6. The highest BCUT2D eigenvalue weighted by Gasteiger charge is 2.28. The van der Waals surface area contributed by atoms with Crippen molar-refractivity contribution in [2.75, 3.05) is 5.32 Å². The third-order valence-electron chi connectivity index (χ3n) is 7.82. The molecule has 0 bridgehead atoms. The van der Waals surface area contributed by atoms with Crippen LogP contribution in [0.15, 0.2) is 46.4 Å². The first kappa shape index (κ1) is 32.8. The molecule has 2 aromatic carbocycles. The second kappa shape index (κ2) is 13.8. The minimum absolute atomic E-state index is 0. The van der Waals surface area contributed by atoms with Gasteiger partial charge in [-0.15, -0.1) is 37.2 Å². The van der Waals surface area contributed by atoms with Crippen molar-refractivity contribution in [2.24, 2.45) is 39.0 Å². The first-order valence-corrected chi connectivity index (χ1v) is 13.1. The largest absolute Gasteiger partial charge is 0.481 e. The fourth-order valence-electron chi connectivity index (χ4n) is 5.58. The molecule has 6 unspecified atom stereocenters. The summed E-state index contributed by atoms with van der Waals surface area (Å²) in [6.45, 7) is 6.09. The van der Waals surface area contributed by atoms with E-state index in [0.717, 1.165) is 47.0 Å². The molecular weight excluding hydrogens is 559 g/mol. The lowest BCUT2D eigenvalue weighted by molar-refractivity contribution is 0.228. The van der Waals surface area contributed by atoms with Gasteiger partial charge in [0.25, 0.3) is 0 Å². The van der Waals surface area contributed by atoms with Crippen molar-refractivity contribution in [1.29, 1.82) is 0 Å². The molecule has 0 aromatic heterocycles. The zero-order valence-corrected chi connectivity index (χ0v) is 25.1. The van der Waals surface area contributed by atoms with E-state index in [2.05, 4.69) is 34.4 Å². The Morgan fingerprint density at radius 1 is 0.897 bits per heavy atom. The second-order valence-electron chi connectivity index (χ2n) is 10.6. The van der Waals surface area contributed by atoms with Crippen LogP contribution in [0.5, 0.6) is 11.5 Å². The van der Waals surface area contributed by atoms with E-state index >= 15 is 0 Å². The Morgan fingerprint density at radius 3 is 2.13 bits per heavy atom. The van der Waals surface area contributed by atoms with Gasteiger partial charge < -0.3 is 32.0 Å². The van der Waals surface area contributed by atoms with Gasteiger partial charge in [0.15, 0.2) is 12.2 Å². The summed E-state index contributed by atoms with van der Waals surface area (Å²) in [5.41, 5.74) is 22.3. The van der Waals surface area contributed by atoms with Gasteiger partial charge in [-0.05, 0) is 87.8 Å². The monoisotopic (exact) mass is 598 g/mol. The Labute approximate surface area is 249 Å². The molecule has 6 atom stereocenters. The van der Waals surface area contributed by atoms with Gasteiger partial charge in [-0.3, -0.25) is 0 Å². The van der Waals surface area contributed by atoms with Crippen molar-refractivity contribution >= 4 is 66.0 Å². The van der Waals surface area contributed by atoms with Gasteiger partial charge in [0.2, 0.25) is 0 Å². The van der Waals surface area contributed by atoms with Gasteiger partial charge in [0.1, 0.15) is 34.5 Å². The van der Waals surface area contributed by atoms with Crippen LogP contribution in [0.3, 0.4) is 0 Å². The van der Waals surface area contributed by atoms with E-state index in [-0.39, 0.29) is 55.5 Å². The molecule has 0 spiro atoms. The normalized spacial score (nSPS) is 24.7. The molecule has 39 heavy (non-hydrogen) atoms. The molecule has 2 aromatic rings. The quantitative estimate of drug-likeness (QED) is 0.313. The van der Waals surface area contributed by atoms with Crippen LogP contribution >= 0.6 is 37.2 Å². The smallest absolute Gasteiger partial charge is 0.153 e. The number of nitrogens with zero attached hydrogens (tertiary/aromatic N) is 2. The zero-order valence-electron chi connectivity index (χ0n) is 22.6. The Morgan fingerprint density at radius 2 is 1.49 bits per heavy atom. The van der Waals surface area contributed by atoms with Crippen molar-refractivity contribution in [3.63, 3.8) is 0 Å². The van der Waals surface area contributed by atoms with Crippen molar-refractivity contribution in [1.82, 2.24) is 0 Å². The minimum atomic E-state index is -0.198. The van der Waals surface area contributed by atoms with Crippen molar-refractivity contribution in [2.45, 2.75) is 77.2 Å². The Hall–Kier alpha value is -2.39. The number of nitrogens with two attached hydrogens (primary N) is 3. The number of hydrogen-bond acceptors (Lipinski definition) is 8. The maximum Gasteiger partial charge on any atom is 0.153 e. The van der Waals surface area contributed by atoms with E-state index in [9.17, 15) is 0 Å². The van der Waals surface area contributed by atoms with E-state index in [0.29, 0.717) is 29.5 Å². The molecule has 11 heteroatoms. The zero-order chi connectivity index (χ0) is 25.4. The van der Waals surface area contributed by atoms with Crippen LogP contribution in [0.2, 0.25) is 0 Å². The molecule has 7 N–H and O–H groups in total. The second-order valence-corrected chi connectivity index (χ2v) is 10.6. The summed E-state index contributed by atoms with van der Waals surface area (Å²) >= 11 is 0. The number of halogens is 3. The first-order chi connectivity index (χ1) is 17.3. The van der Waals surface area contributed by atoms with Crippen LogP contribution in [0.4, 0.5) is 17.1 Å². The van der Waals surface area contributed by atoms with E-state index in [1.807, 2.05) is 38.1 Å². The Bertz CT molecular complexity index is 1190. The standard InChI is InChI=1S/C28H38N6O2.3ClH/c1-15(32-21-8-10-26-24(14-21)34-28(31)17(3)36-26)19-6-4-5-18(11-19)12-22(29)20-7-9-25-23(13-20)33-27(30)16(2)35-25;;;/h7-10,13-19,22,32H,4-6,11-12,29H2,1-3H3,(H2,30,33)(H2,31,34);3*1H. The number of anilines is 1. The van der Waals surface area contributed by atoms with Gasteiger partial charge in [0, 0.05) is 17.8 Å². The summed E-state index contributed by atoms with van der Waals surface area (Å²) in [6.07, 6.45) is 5.40. The molecule has 3 aliphatic rings. The summed E-state index contributed by atoms with van der Waals surface area (Å²) in [6, 6.07) is 12.4. The van der Waals surface area contributed by atoms with E-state index in [1.54, 1.807) is 0 Å². The predicted molar refractivity (Wildman–Crippen MR) is 167 cm³/mol. The van der Waals surface area contributed by atoms with Crippen LogP contribution in [-0.2, 0) is 0 Å². The molecular formula is C28H41Cl3N6O2. The Balaban J connectivity index is 0.00000178. The molecule has 2 aliphatic heterocycles. The molecule has 5 rings (SSSR count). The van der Waals surface area contributed by atoms with Gasteiger partial charge in [-0.2, -0.15) is 0 Å². The summed E-state index contributed by atoms with van der Waals surface area (Å²) in [4.78, 5) is 9.02. The molecule has 1 fully saturated rings. The fourth-order valence-corrected chi connectivity index (χ4v) is 5.58. The molecule has 0 radical (unpaired) electrons. The van der Waals surface area contributed by atoms with Crippen molar-refractivity contribution in [3.8, 4) is 11.5 Å². The van der Waals surface area contributed by atoms with Crippen LogP contribution in [0.25, 0.3) is 0 Å². The van der Waals surface area contributed by atoms with Gasteiger partial charge in [-0.25, -0.2) is 9.98 Å². The van der Waals surface area contributed by atoms with E-state index in [1.165, 1.54) is 19.3 Å². The van der Waals surface area contributed by atoms with E-state index < -0.39 is 0 Å². The highest BCUT2D eigenvalue weighted by Crippen LogP contribution is 2.40. The SMILES string of the molecule is CC1Oc2ccc(NC(C)C3CCCC(CC(N)c4ccc5c(c4)N=C(N)C(C)O5)C3)cc2N=C1N.Cl.Cl.Cl. The van der Waals surface area contributed by atoms with Gasteiger partial charge in [-0.1, -0.05) is 18.9 Å². The highest BCUT2D eigenvalue weighted by molar-refractivity contribution is 5.90. The number of nitrogens with one attached hydrogen (secondary N) is 1. The predicted octanol–water partition coefficient (Wildman–Crippen LogP) is 6.19. The van der Waals surface area contributed by atoms with Crippen LogP contribution in [0, 0.1) is 11.8 Å². The maximum atomic E-state index is 6.68. The first-order valence-electron chi connectivity index (χ1n) is 13.1. The molecule has 216 valence electrons. The third kappa shape index (κ3) is 7.42.